The fourth-order valence-electron chi connectivity index (χ4n) is 3.02. The van der Waals surface area contributed by atoms with Crippen LogP contribution in [-0.2, 0) is 15.1 Å². The number of rotatable bonds is 3. The summed E-state index contributed by atoms with van der Waals surface area (Å²) < 4.78 is 13.4. The zero-order chi connectivity index (χ0) is 14.3. The number of aromatic nitrogens is 2. The molecule has 0 radical (unpaired) electrons. The van der Waals surface area contributed by atoms with Gasteiger partial charge in [-0.15, -0.1) is 0 Å². The second kappa shape index (κ2) is 5.26. The number of nitrogens with zero attached hydrogens (tertiary/aromatic N) is 2. The standard InChI is InChI=1S/C12H13Cl2N3O2S/c1-2-19-11(18)7-5-6-3-4-8(13)12(7,15-6)9-10(14)17-20-16-9/h4,6-7,15H,2-3,5H2,1H3. The van der Waals surface area contributed by atoms with Crippen molar-refractivity contribution in [3.8, 4) is 0 Å². The lowest BCUT2D eigenvalue weighted by Crippen LogP contribution is -2.49. The second-order valence-electron chi connectivity index (χ2n) is 4.88. The summed E-state index contributed by atoms with van der Waals surface area (Å²) in [6, 6.07) is 0.171. The van der Waals surface area contributed by atoms with Crippen molar-refractivity contribution < 1.29 is 9.53 Å². The zero-order valence-electron chi connectivity index (χ0n) is 10.7. The summed E-state index contributed by atoms with van der Waals surface area (Å²) in [7, 11) is 0. The highest BCUT2D eigenvalue weighted by atomic mass is 35.5. The van der Waals surface area contributed by atoms with Crippen LogP contribution in [0, 0.1) is 5.92 Å². The van der Waals surface area contributed by atoms with Crippen molar-refractivity contribution in [2.24, 2.45) is 5.92 Å². The Morgan fingerprint density at radius 1 is 1.60 bits per heavy atom. The van der Waals surface area contributed by atoms with Crippen molar-refractivity contribution in [1.82, 2.24) is 14.1 Å². The van der Waals surface area contributed by atoms with E-state index in [2.05, 4.69) is 14.1 Å². The molecule has 1 N–H and O–H groups in total. The Morgan fingerprint density at radius 2 is 2.40 bits per heavy atom. The number of halogens is 2. The van der Waals surface area contributed by atoms with Gasteiger partial charge in [-0.3, -0.25) is 10.1 Å². The number of nitrogens with one attached hydrogen (secondary N) is 1. The van der Waals surface area contributed by atoms with Crippen LogP contribution in [0.1, 0.15) is 25.5 Å². The lowest BCUT2D eigenvalue weighted by molar-refractivity contribution is -0.149. The van der Waals surface area contributed by atoms with E-state index in [1.807, 2.05) is 6.08 Å². The van der Waals surface area contributed by atoms with Crippen molar-refractivity contribution in [1.29, 1.82) is 0 Å². The lowest BCUT2D eigenvalue weighted by atomic mass is 9.82. The molecule has 0 spiro atoms. The molecule has 3 unspecified atom stereocenters. The summed E-state index contributed by atoms with van der Waals surface area (Å²) >= 11 is 13.6. The van der Waals surface area contributed by atoms with Crippen LogP contribution >= 0.6 is 34.9 Å². The maximum atomic E-state index is 12.3. The van der Waals surface area contributed by atoms with Gasteiger partial charge in [0.05, 0.1) is 24.3 Å². The van der Waals surface area contributed by atoms with Crippen molar-refractivity contribution in [2.75, 3.05) is 6.61 Å². The van der Waals surface area contributed by atoms with Gasteiger partial charge in [0.2, 0.25) is 0 Å². The molecule has 1 aromatic rings. The maximum absolute atomic E-state index is 12.3. The van der Waals surface area contributed by atoms with Crippen molar-refractivity contribution >= 4 is 40.9 Å². The Labute approximate surface area is 130 Å². The van der Waals surface area contributed by atoms with Crippen LogP contribution in [0.5, 0.6) is 0 Å². The van der Waals surface area contributed by atoms with E-state index in [4.69, 9.17) is 27.9 Å². The minimum absolute atomic E-state index is 0.171. The van der Waals surface area contributed by atoms with Gasteiger partial charge in [-0.25, -0.2) is 0 Å². The van der Waals surface area contributed by atoms with E-state index in [1.54, 1.807) is 6.92 Å². The third-order valence-electron chi connectivity index (χ3n) is 3.83. The number of ether oxygens (including phenoxy) is 1. The average molecular weight is 334 g/mol. The van der Waals surface area contributed by atoms with E-state index in [-0.39, 0.29) is 17.2 Å². The Hall–Kier alpha value is -0.690. The van der Waals surface area contributed by atoms with E-state index in [1.165, 1.54) is 0 Å². The normalized spacial score (nSPS) is 32.0. The smallest absolute Gasteiger partial charge is 0.311 e. The zero-order valence-corrected chi connectivity index (χ0v) is 13.1. The Balaban J connectivity index is 2.10. The van der Waals surface area contributed by atoms with E-state index in [0.29, 0.717) is 23.8 Å². The highest BCUT2D eigenvalue weighted by Gasteiger charge is 2.58. The minimum atomic E-state index is -0.888. The van der Waals surface area contributed by atoms with E-state index in [9.17, 15) is 4.79 Å². The molecule has 2 aliphatic heterocycles. The fourth-order valence-corrected chi connectivity index (χ4v) is 4.23. The van der Waals surface area contributed by atoms with Crippen LogP contribution in [-0.4, -0.2) is 27.4 Å². The topological polar surface area (TPSA) is 64.1 Å². The number of fused-ring (bicyclic) bond motifs is 2. The molecule has 3 atom stereocenters. The van der Waals surface area contributed by atoms with Gasteiger partial charge >= 0.3 is 5.97 Å². The molecular weight excluding hydrogens is 321 g/mol. The highest BCUT2D eigenvalue weighted by molar-refractivity contribution is 6.99. The van der Waals surface area contributed by atoms with Gasteiger partial charge in [-0.1, -0.05) is 29.3 Å². The van der Waals surface area contributed by atoms with Crippen molar-refractivity contribution in [3.63, 3.8) is 0 Å². The van der Waals surface area contributed by atoms with Gasteiger partial charge in [-0.2, -0.15) is 8.75 Å². The first kappa shape index (κ1) is 14.3. The van der Waals surface area contributed by atoms with Gasteiger partial charge in [-0.05, 0) is 19.8 Å². The summed E-state index contributed by atoms with van der Waals surface area (Å²) in [5.74, 6) is -0.708. The Bertz CT molecular complexity index is 577. The molecule has 0 aliphatic carbocycles. The van der Waals surface area contributed by atoms with Crippen LogP contribution in [0.15, 0.2) is 11.1 Å². The molecule has 2 aliphatic rings. The number of hydrogen-bond acceptors (Lipinski definition) is 6. The van der Waals surface area contributed by atoms with Crippen molar-refractivity contribution in [3.05, 3.63) is 22.0 Å². The van der Waals surface area contributed by atoms with Gasteiger partial charge in [0.25, 0.3) is 0 Å². The molecule has 1 aromatic heterocycles. The first-order valence-electron chi connectivity index (χ1n) is 6.38. The predicted octanol–water partition coefficient (Wildman–Crippen LogP) is 2.45. The Kier molecular flexibility index (Phi) is 3.75. The lowest BCUT2D eigenvalue weighted by Gasteiger charge is -2.35. The van der Waals surface area contributed by atoms with E-state index < -0.39 is 11.5 Å². The Morgan fingerprint density at radius 3 is 3.05 bits per heavy atom. The van der Waals surface area contributed by atoms with Crippen LogP contribution < -0.4 is 5.32 Å². The van der Waals surface area contributed by atoms with E-state index in [0.717, 1.165) is 18.1 Å². The molecule has 8 heteroatoms. The third kappa shape index (κ3) is 1.97. The molecule has 1 saturated heterocycles. The molecule has 2 bridgehead atoms. The van der Waals surface area contributed by atoms with Gasteiger partial charge < -0.3 is 4.74 Å². The molecule has 20 heavy (non-hydrogen) atoms. The molecule has 0 aromatic carbocycles. The molecule has 1 fully saturated rings. The predicted molar refractivity (Wildman–Crippen MR) is 76.8 cm³/mol. The average Bonchev–Trinajstić information content (AvgIpc) is 2.98. The molecule has 108 valence electrons. The van der Waals surface area contributed by atoms with Gasteiger partial charge in [0.1, 0.15) is 11.2 Å². The number of esters is 1. The first-order valence-corrected chi connectivity index (χ1v) is 7.87. The third-order valence-corrected chi connectivity index (χ3v) is 5.17. The van der Waals surface area contributed by atoms with Crippen LogP contribution in [0.2, 0.25) is 5.15 Å². The number of hydrogen-bond donors (Lipinski definition) is 1. The molecule has 0 amide bonds. The highest BCUT2D eigenvalue weighted by Crippen LogP contribution is 2.50. The summed E-state index contributed by atoms with van der Waals surface area (Å²) in [5, 5.41) is 4.23. The molecule has 0 saturated carbocycles. The SMILES string of the molecule is CCOC(=O)C1CC2CC=C(Cl)C1(c1nsnc1Cl)N2. The van der Waals surface area contributed by atoms with Gasteiger partial charge in [0, 0.05) is 11.1 Å². The molecular formula is C12H13Cl2N3O2S. The summed E-state index contributed by atoms with van der Waals surface area (Å²) in [6.45, 7) is 2.12. The minimum Gasteiger partial charge on any atom is -0.466 e. The molecule has 3 rings (SSSR count). The largest absolute Gasteiger partial charge is 0.466 e. The van der Waals surface area contributed by atoms with E-state index >= 15 is 0 Å². The van der Waals surface area contributed by atoms with Crippen LogP contribution in [0.4, 0.5) is 0 Å². The van der Waals surface area contributed by atoms with Crippen molar-refractivity contribution in [2.45, 2.75) is 31.3 Å². The molecule has 5 nitrogen and oxygen atoms in total. The van der Waals surface area contributed by atoms with Gasteiger partial charge in [0.15, 0.2) is 5.15 Å². The van der Waals surface area contributed by atoms with Crippen LogP contribution in [0.25, 0.3) is 0 Å². The first-order chi connectivity index (χ1) is 9.59. The fraction of sp³-hybridized carbons (Fsp3) is 0.583. The quantitative estimate of drug-likeness (QED) is 0.861. The summed E-state index contributed by atoms with van der Waals surface area (Å²) in [4.78, 5) is 12.3. The summed E-state index contributed by atoms with van der Waals surface area (Å²) in [5.41, 5.74) is -0.369. The summed E-state index contributed by atoms with van der Waals surface area (Å²) in [6.07, 6.45) is 3.36. The molecule has 3 heterocycles. The number of carbonyl (C=O) groups is 1. The van der Waals surface area contributed by atoms with Crippen LogP contribution in [0.3, 0.4) is 0 Å². The maximum Gasteiger partial charge on any atom is 0.311 e. The monoisotopic (exact) mass is 333 g/mol. The number of carbonyl (C=O) groups excluding carboxylic acids is 1. The second-order valence-corrected chi connectivity index (χ2v) is 6.17.